The zero-order valence-electron chi connectivity index (χ0n) is 13.9. The average molecular weight is 282 g/mol. The van der Waals surface area contributed by atoms with Crippen LogP contribution in [0.15, 0.2) is 0 Å². The second-order valence-corrected chi connectivity index (χ2v) is 7.26. The molecule has 2 saturated heterocycles. The zero-order valence-corrected chi connectivity index (χ0v) is 13.9. The van der Waals surface area contributed by atoms with E-state index in [1.165, 1.54) is 51.9 Å². The Balaban J connectivity index is 2.03. The van der Waals surface area contributed by atoms with Crippen molar-refractivity contribution in [2.45, 2.75) is 57.2 Å². The van der Waals surface area contributed by atoms with Crippen molar-refractivity contribution in [1.82, 2.24) is 14.7 Å². The molecule has 0 saturated carbocycles. The third-order valence-electron chi connectivity index (χ3n) is 5.63. The minimum atomic E-state index is 0.258. The molecule has 4 nitrogen and oxygen atoms in total. The summed E-state index contributed by atoms with van der Waals surface area (Å²) in [7, 11) is 4.41. The minimum Gasteiger partial charge on any atom is -0.329 e. The highest BCUT2D eigenvalue weighted by molar-refractivity contribution is 4.99. The molecule has 0 aliphatic carbocycles. The Kier molecular flexibility index (Phi) is 5.46. The Labute approximate surface area is 125 Å². The van der Waals surface area contributed by atoms with Gasteiger partial charge in [0, 0.05) is 43.8 Å². The molecule has 118 valence electrons. The van der Waals surface area contributed by atoms with E-state index < -0.39 is 0 Å². The first-order valence-corrected chi connectivity index (χ1v) is 8.34. The van der Waals surface area contributed by atoms with Crippen molar-refractivity contribution < 1.29 is 0 Å². The van der Waals surface area contributed by atoms with Gasteiger partial charge < -0.3 is 15.5 Å². The first-order valence-electron chi connectivity index (χ1n) is 8.34. The number of likely N-dealkylation sites (N-methyl/N-ethyl adjacent to an activating group) is 1. The molecule has 0 aromatic rings. The molecule has 0 spiro atoms. The van der Waals surface area contributed by atoms with E-state index in [9.17, 15) is 0 Å². The molecule has 2 unspecified atom stereocenters. The second-order valence-electron chi connectivity index (χ2n) is 7.26. The van der Waals surface area contributed by atoms with Crippen molar-refractivity contribution in [1.29, 1.82) is 0 Å². The summed E-state index contributed by atoms with van der Waals surface area (Å²) in [5.74, 6) is 0. The number of nitrogens with two attached hydrogens (primary N) is 1. The number of nitrogens with zero attached hydrogens (tertiary/aromatic N) is 3. The van der Waals surface area contributed by atoms with Crippen molar-refractivity contribution >= 4 is 0 Å². The molecule has 0 aromatic heterocycles. The lowest BCUT2D eigenvalue weighted by atomic mass is 9.88. The molecule has 2 N–H and O–H groups in total. The predicted molar refractivity (Wildman–Crippen MR) is 86.0 cm³/mol. The lowest BCUT2D eigenvalue weighted by molar-refractivity contribution is 0.0949. The molecular weight excluding hydrogens is 248 g/mol. The first-order chi connectivity index (χ1) is 9.48. The predicted octanol–water partition coefficient (Wildman–Crippen LogP) is 1.21. The molecule has 0 amide bonds. The Bertz CT molecular complexity index is 305. The van der Waals surface area contributed by atoms with Crippen LogP contribution < -0.4 is 5.73 Å². The van der Waals surface area contributed by atoms with Gasteiger partial charge in [-0.1, -0.05) is 0 Å². The molecule has 2 fully saturated rings. The maximum Gasteiger partial charge on any atom is 0.0345 e. The van der Waals surface area contributed by atoms with Gasteiger partial charge in [-0.2, -0.15) is 0 Å². The summed E-state index contributed by atoms with van der Waals surface area (Å²) in [5.41, 5.74) is 6.52. The summed E-state index contributed by atoms with van der Waals surface area (Å²) >= 11 is 0. The fourth-order valence-corrected chi connectivity index (χ4v) is 3.96. The van der Waals surface area contributed by atoms with E-state index in [1.54, 1.807) is 0 Å². The van der Waals surface area contributed by atoms with E-state index in [4.69, 9.17) is 5.73 Å². The van der Waals surface area contributed by atoms with Crippen LogP contribution in [0.1, 0.15) is 39.5 Å². The van der Waals surface area contributed by atoms with Gasteiger partial charge in [-0.15, -0.1) is 0 Å². The average Bonchev–Trinajstić information content (AvgIpc) is 2.80. The van der Waals surface area contributed by atoms with Crippen molar-refractivity contribution in [2.75, 3.05) is 46.8 Å². The second kappa shape index (κ2) is 6.73. The van der Waals surface area contributed by atoms with Crippen molar-refractivity contribution in [2.24, 2.45) is 5.73 Å². The summed E-state index contributed by atoms with van der Waals surface area (Å²) in [6, 6.07) is 1.37. The summed E-state index contributed by atoms with van der Waals surface area (Å²) < 4.78 is 0. The molecular formula is C16H34N4. The fourth-order valence-electron chi connectivity index (χ4n) is 3.96. The smallest absolute Gasteiger partial charge is 0.0345 e. The summed E-state index contributed by atoms with van der Waals surface area (Å²) in [6.45, 7) is 10.3. The van der Waals surface area contributed by atoms with Crippen LogP contribution >= 0.6 is 0 Å². The number of hydrogen-bond acceptors (Lipinski definition) is 4. The summed E-state index contributed by atoms with van der Waals surface area (Å²) in [5, 5.41) is 0. The van der Waals surface area contributed by atoms with Gasteiger partial charge in [0.25, 0.3) is 0 Å². The highest BCUT2D eigenvalue weighted by atomic mass is 15.3. The highest BCUT2D eigenvalue weighted by Gasteiger charge is 2.41. The van der Waals surface area contributed by atoms with Crippen LogP contribution in [0.3, 0.4) is 0 Å². The molecule has 2 rings (SSSR count). The molecule has 20 heavy (non-hydrogen) atoms. The van der Waals surface area contributed by atoms with Crippen LogP contribution in [0.25, 0.3) is 0 Å². The number of likely N-dealkylation sites (tertiary alicyclic amines) is 2. The lowest BCUT2D eigenvalue weighted by Gasteiger charge is -2.41. The van der Waals surface area contributed by atoms with E-state index in [-0.39, 0.29) is 5.54 Å². The standard InChI is InChI=1S/C16H34N4/c1-14(2)19-9-5-7-16(13-17,8-11-19)20-10-6-15(12-20)18(3)4/h14-15H,5-13,17H2,1-4H3. The number of hydrogen-bond donors (Lipinski definition) is 1. The monoisotopic (exact) mass is 282 g/mol. The molecule has 2 atom stereocenters. The third kappa shape index (κ3) is 3.35. The first kappa shape index (κ1) is 16.2. The van der Waals surface area contributed by atoms with Gasteiger partial charge in [-0.25, -0.2) is 0 Å². The molecule has 2 aliphatic rings. The number of rotatable bonds is 4. The van der Waals surface area contributed by atoms with Crippen LogP contribution in [-0.4, -0.2) is 79.1 Å². The van der Waals surface area contributed by atoms with Crippen LogP contribution in [0, 0.1) is 0 Å². The Morgan fingerprint density at radius 2 is 1.95 bits per heavy atom. The van der Waals surface area contributed by atoms with Gasteiger partial charge in [-0.3, -0.25) is 4.90 Å². The Hall–Kier alpha value is -0.160. The molecule has 4 heteroatoms. The quantitative estimate of drug-likeness (QED) is 0.841. The van der Waals surface area contributed by atoms with Gasteiger partial charge in [0.05, 0.1) is 0 Å². The Morgan fingerprint density at radius 3 is 2.50 bits per heavy atom. The normalized spacial score (nSPS) is 34.0. The molecule has 0 bridgehead atoms. The van der Waals surface area contributed by atoms with Gasteiger partial charge in [0.1, 0.15) is 0 Å². The SMILES string of the molecule is CC(C)N1CCCC(CN)(N2CCC(N(C)C)C2)CC1. The van der Waals surface area contributed by atoms with E-state index in [1.807, 2.05) is 0 Å². The van der Waals surface area contributed by atoms with E-state index in [2.05, 4.69) is 42.6 Å². The zero-order chi connectivity index (χ0) is 14.8. The molecule has 0 aromatic carbocycles. The third-order valence-corrected chi connectivity index (χ3v) is 5.63. The summed E-state index contributed by atoms with van der Waals surface area (Å²) in [4.78, 5) is 7.71. The van der Waals surface area contributed by atoms with Crippen LogP contribution in [0.4, 0.5) is 0 Å². The van der Waals surface area contributed by atoms with E-state index >= 15 is 0 Å². The topological polar surface area (TPSA) is 35.7 Å². The van der Waals surface area contributed by atoms with E-state index in [0.717, 1.165) is 6.54 Å². The van der Waals surface area contributed by atoms with Gasteiger partial charge >= 0.3 is 0 Å². The van der Waals surface area contributed by atoms with Crippen LogP contribution in [0.2, 0.25) is 0 Å². The minimum absolute atomic E-state index is 0.258. The fraction of sp³-hybridized carbons (Fsp3) is 1.00. The largest absolute Gasteiger partial charge is 0.329 e. The van der Waals surface area contributed by atoms with Gasteiger partial charge in [0.2, 0.25) is 0 Å². The molecule has 2 heterocycles. The van der Waals surface area contributed by atoms with E-state index in [0.29, 0.717) is 12.1 Å². The van der Waals surface area contributed by atoms with Crippen molar-refractivity contribution in [3.05, 3.63) is 0 Å². The van der Waals surface area contributed by atoms with Crippen LogP contribution in [0.5, 0.6) is 0 Å². The van der Waals surface area contributed by atoms with Crippen molar-refractivity contribution in [3.8, 4) is 0 Å². The maximum absolute atomic E-state index is 6.26. The highest BCUT2D eigenvalue weighted by Crippen LogP contribution is 2.32. The van der Waals surface area contributed by atoms with Gasteiger partial charge in [0.15, 0.2) is 0 Å². The lowest BCUT2D eigenvalue weighted by Crippen LogP contribution is -2.54. The maximum atomic E-state index is 6.26. The molecule has 2 aliphatic heterocycles. The Morgan fingerprint density at radius 1 is 1.20 bits per heavy atom. The summed E-state index contributed by atoms with van der Waals surface area (Å²) in [6.07, 6.45) is 5.09. The van der Waals surface area contributed by atoms with Gasteiger partial charge in [-0.05, 0) is 60.2 Å². The van der Waals surface area contributed by atoms with Crippen molar-refractivity contribution in [3.63, 3.8) is 0 Å². The van der Waals surface area contributed by atoms with Crippen LogP contribution in [-0.2, 0) is 0 Å². The molecule has 0 radical (unpaired) electrons.